The second kappa shape index (κ2) is 12.1. The van der Waals surface area contributed by atoms with Crippen molar-refractivity contribution < 1.29 is 8.85 Å². The molecular formula is C18H42O2SSi2. The summed E-state index contributed by atoms with van der Waals surface area (Å²) < 4.78 is 12.5. The molecule has 0 radical (unpaired) electrons. The van der Waals surface area contributed by atoms with Gasteiger partial charge in [-0.3, -0.25) is 0 Å². The Morgan fingerprint density at radius 1 is 0.652 bits per heavy atom. The average Bonchev–Trinajstić information content (AvgIpc) is 2.59. The Hall–Kier alpha value is 0.704. The first-order valence-corrected chi connectivity index (χ1v) is 15.5. The molecule has 0 aliphatic rings. The number of thioether (sulfide) groups is 1. The van der Waals surface area contributed by atoms with Crippen molar-refractivity contribution in [2.45, 2.75) is 101 Å². The summed E-state index contributed by atoms with van der Waals surface area (Å²) in [6.07, 6.45) is 5.12. The number of hydrogen-bond acceptors (Lipinski definition) is 3. The van der Waals surface area contributed by atoms with Gasteiger partial charge in [0, 0.05) is 24.0 Å². The van der Waals surface area contributed by atoms with Crippen LogP contribution in [0.1, 0.15) is 67.2 Å². The van der Waals surface area contributed by atoms with Crippen molar-refractivity contribution in [3.8, 4) is 0 Å². The minimum atomic E-state index is -1.65. The van der Waals surface area contributed by atoms with Crippen LogP contribution in [0.4, 0.5) is 0 Å². The maximum Gasteiger partial charge on any atom is 0.204 e. The van der Waals surface area contributed by atoms with Crippen molar-refractivity contribution in [2.24, 2.45) is 0 Å². The summed E-state index contributed by atoms with van der Waals surface area (Å²) in [6.45, 7) is 14.0. The Morgan fingerprint density at radius 2 is 0.957 bits per heavy atom. The van der Waals surface area contributed by atoms with Crippen molar-refractivity contribution >= 4 is 28.4 Å². The maximum absolute atomic E-state index is 6.24. The summed E-state index contributed by atoms with van der Waals surface area (Å²) in [5.74, 6) is 0. The molecule has 0 aliphatic carbocycles. The largest absolute Gasteiger partial charge is 0.419 e. The molecule has 0 saturated heterocycles. The van der Waals surface area contributed by atoms with Crippen molar-refractivity contribution in [1.29, 1.82) is 0 Å². The van der Waals surface area contributed by atoms with Crippen LogP contribution in [0.5, 0.6) is 0 Å². The van der Waals surface area contributed by atoms with Crippen LogP contribution in [-0.4, -0.2) is 40.6 Å². The van der Waals surface area contributed by atoms with Crippen molar-refractivity contribution in [3.05, 3.63) is 0 Å². The first-order valence-electron chi connectivity index (χ1n) is 9.75. The standard InChI is InChI=1S/C18H42O2SSi2/c1-9-15-17(22(11-3,12-4)19-7)21-18(16-10-2)23(13-5,14-6)20-8/h17-18H,9-16H2,1-8H3. The van der Waals surface area contributed by atoms with Crippen LogP contribution in [0.15, 0.2) is 0 Å². The number of rotatable bonds is 14. The Bertz CT molecular complexity index is 250. The lowest BCUT2D eigenvalue weighted by Crippen LogP contribution is -2.52. The van der Waals surface area contributed by atoms with Gasteiger partial charge in [-0.25, -0.2) is 0 Å². The van der Waals surface area contributed by atoms with E-state index in [4.69, 9.17) is 8.85 Å². The molecule has 0 bridgehead atoms. The van der Waals surface area contributed by atoms with Crippen LogP contribution in [0.2, 0.25) is 24.2 Å². The molecule has 5 heteroatoms. The minimum Gasteiger partial charge on any atom is -0.419 e. The van der Waals surface area contributed by atoms with Gasteiger partial charge < -0.3 is 8.85 Å². The van der Waals surface area contributed by atoms with Crippen molar-refractivity contribution in [2.75, 3.05) is 14.2 Å². The second-order valence-electron chi connectivity index (χ2n) is 6.64. The zero-order valence-electron chi connectivity index (χ0n) is 17.0. The van der Waals surface area contributed by atoms with Gasteiger partial charge in [0.05, 0.1) is 0 Å². The molecule has 0 fully saturated rings. The van der Waals surface area contributed by atoms with E-state index in [2.05, 4.69) is 53.3 Å². The smallest absolute Gasteiger partial charge is 0.204 e. The molecule has 0 rings (SSSR count). The molecule has 0 spiro atoms. The van der Waals surface area contributed by atoms with Crippen molar-refractivity contribution in [1.82, 2.24) is 0 Å². The van der Waals surface area contributed by atoms with Crippen LogP contribution in [-0.2, 0) is 8.85 Å². The van der Waals surface area contributed by atoms with E-state index in [0.29, 0.717) is 9.75 Å². The van der Waals surface area contributed by atoms with Gasteiger partial charge in [-0.2, -0.15) is 11.8 Å². The monoisotopic (exact) mass is 378 g/mol. The lowest BCUT2D eigenvalue weighted by Gasteiger charge is -2.42. The first kappa shape index (κ1) is 23.7. The molecular weight excluding hydrogens is 336 g/mol. The fourth-order valence-corrected chi connectivity index (χ4v) is 17.1. The SMILES string of the molecule is CCCC(SC(CCC)[Si](CC)(CC)OC)[Si](CC)(CC)OC. The van der Waals surface area contributed by atoms with E-state index in [-0.39, 0.29) is 0 Å². The lowest BCUT2D eigenvalue weighted by atomic mass is 10.4. The molecule has 2 nitrogen and oxygen atoms in total. The molecule has 0 saturated carbocycles. The average molecular weight is 379 g/mol. The van der Waals surface area contributed by atoms with Crippen LogP contribution < -0.4 is 0 Å². The van der Waals surface area contributed by atoms with E-state index in [1.807, 2.05) is 14.2 Å². The molecule has 0 aromatic heterocycles. The maximum atomic E-state index is 6.24. The van der Waals surface area contributed by atoms with Gasteiger partial charge in [0.15, 0.2) is 0 Å². The second-order valence-corrected chi connectivity index (χ2v) is 18.2. The van der Waals surface area contributed by atoms with Gasteiger partial charge >= 0.3 is 0 Å². The van der Waals surface area contributed by atoms with Gasteiger partial charge in [-0.15, -0.1) is 0 Å². The summed E-state index contributed by atoms with van der Waals surface area (Å²) in [7, 11) is 0.646. The van der Waals surface area contributed by atoms with E-state index in [0.717, 1.165) is 0 Å². The molecule has 0 aromatic carbocycles. The van der Waals surface area contributed by atoms with Gasteiger partial charge in [0.2, 0.25) is 16.6 Å². The highest BCUT2D eigenvalue weighted by atomic mass is 32.2. The lowest BCUT2D eigenvalue weighted by molar-refractivity contribution is 0.384. The highest BCUT2D eigenvalue weighted by Gasteiger charge is 2.46. The van der Waals surface area contributed by atoms with Crippen LogP contribution in [0.25, 0.3) is 0 Å². The zero-order chi connectivity index (χ0) is 17.9. The third kappa shape index (κ3) is 5.87. The van der Waals surface area contributed by atoms with E-state index in [1.165, 1.54) is 49.9 Å². The van der Waals surface area contributed by atoms with Gasteiger partial charge in [0.25, 0.3) is 0 Å². The van der Waals surface area contributed by atoms with Gasteiger partial charge in [0.1, 0.15) is 0 Å². The topological polar surface area (TPSA) is 18.5 Å². The predicted octanol–water partition coefficient (Wildman–Crippen LogP) is 6.40. The van der Waals surface area contributed by atoms with E-state index in [1.54, 1.807) is 0 Å². The highest BCUT2D eigenvalue weighted by molar-refractivity contribution is 8.03. The summed E-state index contributed by atoms with van der Waals surface area (Å²) in [4.78, 5) is 1.42. The normalized spacial score (nSPS) is 15.7. The van der Waals surface area contributed by atoms with Gasteiger partial charge in [-0.05, 0) is 37.0 Å². The van der Waals surface area contributed by atoms with Crippen LogP contribution >= 0.6 is 11.8 Å². The summed E-state index contributed by atoms with van der Waals surface area (Å²) in [5.41, 5.74) is 0. The Labute approximate surface area is 152 Å². The molecule has 0 aromatic rings. The Kier molecular flexibility index (Phi) is 12.5. The van der Waals surface area contributed by atoms with Crippen molar-refractivity contribution in [3.63, 3.8) is 0 Å². The third-order valence-corrected chi connectivity index (χ3v) is 19.7. The highest BCUT2D eigenvalue weighted by Crippen LogP contribution is 2.41. The molecule has 0 amide bonds. The molecule has 0 heterocycles. The predicted molar refractivity (Wildman–Crippen MR) is 112 cm³/mol. The fourth-order valence-electron chi connectivity index (χ4n) is 3.88. The molecule has 0 aliphatic heterocycles. The third-order valence-electron chi connectivity index (χ3n) is 5.81. The molecule has 2 atom stereocenters. The molecule has 0 N–H and O–H groups in total. The van der Waals surface area contributed by atoms with E-state index >= 15 is 0 Å². The Balaban J connectivity index is 5.54. The van der Waals surface area contributed by atoms with Crippen LogP contribution in [0.3, 0.4) is 0 Å². The Morgan fingerprint density at radius 3 is 1.13 bits per heavy atom. The number of hydrogen-bond donors (Lipinski definition) is 0. The first-order chi connectivity index (χ1) is 11.0. The summed E-state index contributed by atoms with van der Waals surface area (Å²) in [5, 5.41) is 0. The van der Waals surface area contributed by atoms with Gasteiger partial charge in [-0.1, -0.05) is 54.4 Å². The quantitative estimate of drug-likeness (QED) is 0.326. The fraction of sp³-hybridized carbons (Fsp3) is 1.00. The summed E-state index contributed by atoms with van der Waals surface area (Å²) in [6, 6.07) is 4.93. The summed E-state index contributed by atoms with van der Waals surface area (Å²) >= 11 is 2.27. The van der Waals surface area contributed by atoms with E-state index in [9.17, 15) is 0 Å². The zero-order valence-corrected chi connectivity index (χ0v) is 19.9. The van der Waals surface area contributed by atoms with E-state index < -0.39 is 16.6 Å². The molecule has 140 valence electrons. The molecule has 2 unspecified atom stereocenters. The van der Waals surface area contributed by atoms with Crippen LogP contribution in [0, 0.1) is 0 Å². The minimum absolute atomic E-state index is 0.712. The molecule has 23 heavy (non-hydrogen) atoms.